The van der Waals surface area contributed by atoms with Gasteiger partial charge >= 0.3 is 5.69 Å². The number of benzene rings is 2. The van der Waals surface area contributed by atoms with E-state index in [9.17, 15) is 31.9 Å². The summed E-state index contributed by atoms with van der Waals surface area (Å²) in [7, 11) is -2.59. The number of ether oxygens (including phenoxy) is 2. The Kier molecular flexibility index (Phi) is 7.57. The standard InChI is InChI=1S/C21H18Cl2F2N4O7S/c1-35-12-4-9(5-12)28-37(33,34)16-8-11(2-3-15(16)30)36-18-13(22)6-10(7-14(18)23)29-21(32)26-20(31)17(27-29)19(24)25/h2-3,6-9,12,19,28,30H,4-5H2,1H3,(H,26,31,32)/t9-,12-. The number of nitrogens with one attached hydrogen (secondary N) is 2. The molecule has 16 heteroatoms. The van der Waals surface area contributed by atoms with Gasteiger partial charge in [0, 0.05) is 19.2 Å². The van der Waals surface area contributed by atoms with Crippen LogP contribution in [-0.2, 0) is 14.8 Å². The van der Waals surface area contributed by atoms with Crippen molar-refractivity contribution in [2.45, 2.75) is 36.3 Å². The van der Waals surface area contributed by atoms with E-state index in [1.165, 1.54) is 13.2 Å². The Bertz CT molecular complexity index is 1550. The molecule has 0 aliphatic heterocycles. The van der Waals surface area contributed by atoms with Gasteiger partial charge < -0.3 is 14.6 Å². The molecule has 198 valence electrons. The molecule has 0 spiro atoms. The van der Waals surface area contributed by atoms with E-state index in [-0.39, 0.29) is 39.4 Å². The third-order valence-corrected chi connectivity index (χ3v) is 7.59. The molecule has 0 atom stereocenters. The Labute approximate surface area is 217 Å². The van der Waals surface area contributed by atoms with E-state index < -0.39 is 44.0 Å². The van der Waals surface area contributed by atoms with Crippen LogP contribution in [0.5, 0.6) is 17.2 Å². The lowest BCUT2D eigenvalue weighted by Gasteiger charge is -2.34. The molecule has 3 N–H and O–H groups in total. The summed E-state index contributed by atoms with van der Waals surface area (Å²) in [6, 6.07) is 5.32. The third-order valence-electron chi connectivity index (χ3n) is 5.48. The fraction of sp³-hybridized carbons (Fsp3) is 0.286. The van der Waals surface area contributed by atoms with E-state index in [1.807, 2.05) is 0 Å². The Balaban J connectivity index is 1.63. The number of halogens is 4. The number of H-pyrrole nitrogens is 1. The van der Waals surface area contributed by atoms with Crippen LogP contribution in [0.1, 0.15) is 25.0 Å². The Morgan fingerprint density at radius 2 is 1.84 bits per heavy atom. The number of alkyl halides is 2. The average Bonchev–Trinajstić information content (AvgIpc) is 2.79. The molecular formula is C21H18Cl2F2N4O7S. The van der Waals surface area contributed by atoms with Gasteiger partial charge in [-0.25, -0.2) is 26.7 Å². The molecule has 0 bridgehead atoms. The fourth-order valence-corrected chi connectivity index (χ4v) is 5.45. The van der Waals surface area contributed by atoms with Gasteiger partial charge in [-0.2, -0.15) is 9.78 Å². The van der Waals surface area contributed by atoms with E-state index in [2.05, 4.69) is 9.82 Å². The van der Waals surface area contributed by atoms with Crippen molar-refractivity contribution in [3.8, 4) is 22.9 Å². The zero-order valence-corrected chi connectivity index (χ0v) is 21.1. The highest BCUT2D eigenvalue weighted by molar-refractivity contribution is 7.89. The lowest BCUT2D eigenvalue weighted by molar-refractivity contribution is 0.0236. The molecule has 1 heterocycles. The molecule has 3 aromatic rings. The zero-order valence-electron chi connectivity index (χ0n) is 18.7. The number of hydrogen-bond acceptors (Lipinski definition) is 8. The van der Waals surface area contributed by atoms with Gasteiger partial charge in [0.25, 0.3) is 12.0 Å². The number of aromatic nitrogens is 3. The topological polar surface area (TPSA) is 153 Å². The van der Waals surface area contributed by atoms with Crippen molar-refractivity contribution in [1.29, 1.82) is 0 Å². The molecule has 0 radical (unpaired) electrons. The second-order valence-corrected chi connectivity index (χ2v) is 10.5. The van der Waals surface area contributed by atoms with Crippen molar-refractivity contribution in [1.82, 2.24) is 19.5 Å². The van der Waals surface area contributed by atoms with Gasteiger partial charge in [-0.15, -0.1) is 0 Å². The summed E-state index contributed by atoms with van der Waals surface area (Å²) >= 11 is 12.5. The summed E-state index contributed by atoms with van der Waals surface area (Å²) in [4.78, 5) is 24.9. The molecule has 1 fully saturated rings. The van der Waals surface area contributed by atoms with Crippen molar-refractivity contribution < 1.29 is 31.8 Å². The van der Waals surface area contributed by atoms with Crippen molar-refractivity contribution >= 4 is 33.2 Å². The van der Waals surface area contributed by atoms with Crippen molar-refractivity contribution in [2.75, 3.05) is 7.11 Å². The highest BCUT2D eigenvalue weighted by Crippen LogP contribution is 2.39. The number of methoxy groups -OCH3 is 1. The third kappa shape index (κ3) is 5.62. The van der Waals surface area contributed by atoms with Crippen LogP contribution >= 0.6 is 23.2 Å². The van der Waals surface area contributed by atoms with Crippen LogP contribution in [0, 0.1) is 0 Å². The highest BCUT2D eigenvalue weighted by atomic mass is 35.5. The van der Waals surface area contributed by atoms with Crippen LogP contribution in [0.15, 0.2) is 44.8 Å². The predicted molar refractivity (Wildman–Crippen MR) is 128 cm³/mol. The second-order valence-electron chi connectivity index (χ2n) is 7.97. The quantitative estimate of drug-likeness (QED) is 0.368. The number of sulfonamides is 1. The van der Waals surface area contributed by atoms with Crippen molar-refractivity contribution in [3.63, 3.8) is 0 Å². The van der Waals surface area contributed by atoms with Gasteiger partial charge in [0.2, 0.25) is 10.0 Å². The maximum absolute atomic E-state index is 13.1. The first-order valence-electron chi connectivity index (χ1n) is 10.5. The minimum absolute atomic E-state index is 0.0487. The van der Waals surface area contributed by atoms with Gasteiger partial charge in [0.05, 0.1) is 21.8 Å². The number of aromatic amines is 1. The monoisotopic (exact) mass is 578 g/mol. The fourth-order valence-electron chi connectivity index (χ4n) is 3.52. The van der Waals surface area contributed by atoms with Gasteiger partial charge in [-0.05, 0) is 37.1 Å². The van der Waals surface area contributed by atoms with E-state index >= 15 is 0 Å². The molecule has 2 aromatic carbocycles. The number of phenolic OH excluding ortho intramolecular Hbond substituents is 1. The first-order chi connectivity index (χ1) is 17.4. The predicted octanol–water partition coefficient (Wildman–Crippen LogP) is 3.12. The van der Waals surface area contributed by atoms with Crippen molar-refractivity contribution in [2.24, 2.45) is 0 Å². The van der Waals surface area contributed by atoms with Gasteiger partial charge in [-0.3, -0.25) is 9.78 Å². The normalized spacial score (nSPS) is 17.6. The van der Waals surface area contributed by atoms with Crippen LogP contribution in [0.2, 0.25) is 10.0 Å². The number of rotatable bonds is 8. The van der Waals surface area contributed by atoms with Crippen LogP contribution in [0.3, 0.4) is 0 Å². The molecule has 1 aliphatic carbocycles. The number of aromatic hydroxyl groups is 1. The summed E-state index contributed by atoms with van der Waals surface area (Å²) in [5.41, 5.74) is -3.78. The molecule has 1 aromatic heterocycles. The molecule has 11 nitrogen and oxygen atoms in total. The first kappa shape index (κ1) is 27.0. The smallest absolute Gasteiger partial charge is 0.349 e. The summed E-state index contributed by atoms with van der Waals surface area (Å²) in [6.07, 6.45) is -2.33. The summed E-state index contributed by atoms with van der Waals surface area (Å²) in [5, 5.41) is 13.1. The van der Waals surface area contributed by atoms with Crippen LogP contribution < -0.4 is 20.7 Å². The molecule has 0 saturated heterocycles. The molecule has 1 saturated carbocycles. The largest absolute Gasteiger partial charge is 0.507 e. The number of hydrogen-bond donors (Lipinski definition) is 3. The van der Waals surface area contributed by atoms with E-state index in [0.29, 0.717) is 17.5 Å². The first-order valence-corrected chi connectivity index (χ1v) is 12.7. The van der Waals surface area contributed by atoms with Gasteiger partial charge in [0.1, 0.15) is 16.4 Å². The second kappa shape index (κ2) is 10.4. The van der Waals surface area contributed by atoms with Crippen LogP contribution in [0.25, 0.3) is 5.69 Å². The SMILES string of the molecule is CO[C@H]1C[C@H](NS(=O)(=O)c2cc(Oc3c(Cl)cc(-n4nc(C(F)F)c(=O)[nH]c4=O)cc3Cl)ccc2O)C1. The van der Waals surface area contributed by atoms with Gasteiger partial charge in [0.15, 0.2) is 11.4 Å². The Morgan fingerprint density at radius 3 is 2.43 bits per heavy atom. The van der Waals surface area contributed by atoms with E-state index in [1.54, 1.807) is 4.98 Å². The minimum atomic E-state index is -4.12. The Morgan fingerprint density at radius 1 is 1.19 bits per heavy atom. The number of phenols is 1. The molecule has 0 unspecified atom stereocenters. The number of nitrogens with zero attached hydrogens (tertiary/aromatic N) is 2. The minimum Gasteiger partial charge on any atom is -0.507 e. The van der Waals surface area contributed by atoms with Crippen LogP contribution in [-0.4, -0.2) is 47.5 Å². The Hall–Kier alpha value is -3.04. The summed E-state index contributed by atoms with van der Waals surface area (Å²) in [6.45, 7) is 0. The van der Waals surface area contributed by atoms with Crippen molar-refractivity contribution in [3.05, 3.63) is 66.9 Å². The molecule has 4 rings (SSSR count). The lowest BCUT2D eigenvalue weighted by atomic mass is 9.90. The highest BCUT2D eigenvalue weighted by Gasteiger charge is 2.33. The molecular weight excluding hydrogens is 561 g/mol. The zero-order chi connectivity index (χ0) is 27.1. The molecule has 0 amide bonds. The summed E-state index contributed by atoms with van der Waals surface area (Å²) in [5.74, 6) is -0.742. The van der Waals surface area contributed by atoms with Gasteiger partial charge in [-0.1, -0.05) is 23.2 Å². The van der Waals surface area contributed by atoms with E-state index in [4.69, 9.17) is 32.7 Å². The average molecular weight is 579 g/mol. The maximum Gasteiger partial charge on any atom is 0.349 e. The maximum atomic E-state index is 13.1. The molecule has 1 aliphatic rings. The van der Waals surface area contributed by atoms with Crippen LogP contribution in [0.4, 0.5) is 8.78 Å². The van der Waals surface area contributed by atoms with E-state index in [0.717, 1.165) is 24.3 Å². The molecule has 37 heavy (non-hydrogen) atoms. The summed E-state index contributed by atoms with van der Waals surface area (Å²) < 4.78 is 65.4. The lowest BCUT2D eigenvalue weighted by Crippen LogP contribution is -2.47.